The fraction of sp³-hybridized carbons (Fsp3) is 0.167. The van der Waals surface area contributed by atoms with Gasteiger partial charge in [0.15, 0.2) is 0 Å². The Balaban J connectivity index is 2.71. The van der Waals surface area contributed by atoms with Crippen molar-refractivity contribution in [2.24, 2.45) is 0 Å². The number of carbonyl (C=O) groups is 1. The molecule has 1 aromatic carbocycles. The molecule has 0 fully saturated rings. The van der Waals surface area contributed by atoms with Gasteiger partial charge in [-0.05, 0) is 19.1 Å². The summed E-state index contributed by atoms with van der Waals surface area (Å²) in [4.78, 5) is 15.2. The van der Waals surface area contributed by atoms with Crippen molar-refractivity contribution in [2.45, 2.75) is 6.92 Å². The number of benzene rings is 1. The van der Waals surface area contributed by atoms with Crippen LogP contribution in [0.4, 0.5) is 8.78 Å². The largest absolute Gasteiger partial charge is 0.462 e. The standard InChI is InChI=1S/C12H8ClF2NO2/c1-2-18-12(17)6-5-16-11-8(15)4-3-7(14)9(11)10(6)13/h3-5H,2H2,1H3. The molecular formula is C12H8ClF2NO2. The second-order valence-electron chi connectivity index (χ2n) is 3.46. The van der Waals surface area contributed by atoms with Crippen molar-refractivity contribution in [3.63, 3.8) is 0 Å². The lowest BCUT2D eigenvalue weighted by Crippen LogP contribution is -2.07. The normalized spacial score (nSPS) is 10.7. The number of nitrogens with zero attached hydrogens (tertiary/aromatic N) is 1. The molecule has 0 spiro atoms. The van der Waals surface area contributed by atoms with Gasteiger partial charge in [-0.2, -0.15) is 0 Å². The van der Waals surface area contributed by atoms with Gasteiger partial charge < -0.3 is 4.74 Å². The van der Waals surface area contributed by atoms with Crippen LogP contribution in [0.3, 0.4) is 0 Å². The molecule has 0 saturated carbocycles. The summed E-state index contributed by atoms with van der Waals surface area (Å²) in [5, 5.41) is -0.419. The van der Waals surface area contributed by atoms with Gasteiger partial charge in [-0.15, -0.1) is 0 Å². The summed E-state index contributed by atoms with van der Waals surface area (Å²) >= 11 is 5.90. The molecule has 0 unspecified atom stereocenters. The second-order valence-corrected chi connectivity index (χ2v) is 3.84. The number of halogens is 3. The molecule has 0 bridgehead atoms. The third-order valence-corrected chi connectivity index (χ3v) is 2.74. The quantitative estimate of drug-likeness (QED) is 0.787. The fourth-order valence-electron chi connectivity index (χ4n) is 1.55. The van der Waals surface area contributed by atoms with Crippen LogP contribution >= 0.6 is 11.6 Å². The number of ether oxygens (including phenoxy) is 1. The minimum atomic E-state index is -0.741. The predicted molar refractivity (Wildman–Crippen MR) is 62.6 cm³/mol. The number of esters is 1. The lowest BCUT2D eigenvalue weighted by Gasteiger charge is -2.07. The number of hydrogen-bond donors (Lipinski definition) is 0. The van der Waals surface area contributed by atoms with E-state index < -0.39 is 17.6 Å². The number of fused-ring (bicyclic) bond motifs is 1. The minimum absolute atomic E-state index is 0.0875. The molecular weight excluding hydrogens is 264 g/mol. The number of pyridine rings is 1. The second kappa shape index (κ2) is 4.86. The molecule has 2 aromatic rings. The molecule has 1 heterocycles. The van der Waals surface area contributed by atoms with E-state index in [1.807, 2.05) is 0 Å². The van der Waals surface area contributed by atoms with Gasteiger partial charge in [-0.3, -0.25) is 4.98 Å². The van der Waals surface area contributed by atoms with Crippen LogP contribution in [0.1, 0.15) is 17.3 Å². The lowest BCUT2D eigenvalue weighted by atomic mass is 10.1. The molecule has 18 heavy (non-hydrogen) atoms. The maximum absolute atomic E-state index is 13.6. The SMILES string of the molecule is CCOC(=O)c1cnc2c(F)ccc(F)c2c1Cl. The van der Waals surface area contributed by atoms with Crippen LogP contribution in [0.25, 0.3) is 10.9 Å². The van der Waals surface area contributed by atoms with Crippen molar-refractivity contribution < 1.29 is 18.3 Å². The van der Waals surface area contributed by atoms with E-state index in [2.05, 4.69) is 4.98 Å². The van der Waals surface area contributed by atoms with E-state index in [-0.39, 0.29) is 28.1 Å². The molecule has 0 amide bonds. The van der Waals surface area contributed by atoms with Gasteiger partial charge in [-0.25, -0.2) is 13.6 Å². The molecule has 0 aliphatic rings. The summed E-state index contributed by atoms with van der Waals surface area (Å²) in [6.45, 7) is 1.78. The number of hydrogen-bond acceptors (Lipinski definition) is 3. The zero-order valence-electron chi connectivity index (χ0n) is 9.34. The van der Waals surface area contributed by atoms with Crippen molar-refractivity contribution in [3.8, 4) is 0 Å². The van der Waals surface area contributed by atoms with Gasteiger partial charge in [0.2, 0.25) is 0 Å². The van der Waals surface area contributed by atoms with Crippen LogP contribution < -0.4 is 0 Å². The molecule has 2 rings (SSSR count). The maximum Gasteiger partial charge on any atom is 0.341 e. The van der Waals surface area contributed by atoms with Crippen LogP contribution in [0.2, 0.25) is 5.02 Å². The Morgan fingerprint density at radius 2 is 2.06 bits per heavy atom. The van der Waals surface area contributed by atoms with Gasteiger partial charge in [0.1, 0.15) is 17.2 Å². The van der Waals surface area contributed by atoms with Crippen LogP contribution in [0, 0.1) is 11.6 Å². The van der Waals surface area contributed by atoms with E-state index in [0.717, 1.165) is 18.3 Å². The average Bonchev–Trinajstić information content (AvgIpc) is 2.34. The zero-order chi connectivity index (χ0) is 13.3. The molecule has 0 N–H and O–H groups in total. The number of aromatic nitrogens is 1. The van der Waals surface area contributed by atoms with Crippen LogP contribution in [0.5, 0.6) is 0 Å². The van der Waals surface area contributed by atoms with Crippen molar-refractivity contribution >= 4 is 28.5 Å². The fourth-order valence-corrected chi connectivity index (χ4v) is 1.85. The Morgan fingerprint density at radius 1 is 1.39 bits per heavy atom. The summed E-state index contributed by atoms with van der Waals surface area (Å²) in [5.74, 6) is -2.17. The number of rotatable bonds is 2. The smallest absolute Gasteiger partial charge is 0.341 e. The summed E-state index contributed by atoms with van der Waals surface area (Å²) in [6.07, 6.45) is 1.07. The highest BCUT2D eigenvalue weighted by atomic mass is 35.5. The van der Waals surface area contributed by atoms with E-state index in [9.17, 15) is 13.6 Å². The number of carbonyl (C=O) groups excluding carboxylic acids is 1. The Labute approximate surface area is 106 Å². The summed E-state index contributed by atoms with van der Waals surface area (Å²) < 4.78 is 31.8. The molecule has 1 aromatic heterocycles. The highest BCUT2D eigenvalue weighted by molar-refractivity contribution is 6.38. The van der Waals surface area contributed by atoms with E-state index in [1.54, 1.807) is 6.92 Å². The monoisotopic (exact) mass is 271 g/mol. The highest BCUT2D eigenvalue weighted by Crippen LogP contribution is 2.29. The van der Waals surface area contributed by atoms with Crippen LogP contribution in [-0.2, 0) is 4.74 Å². The average molecular weight is 272 g/mol. The summed E-state index contributed by atoms with van der Waals surface area (Å²) in [7, 11) is 0. The first-order valence-corrected chi connectivity index (χ1v) is 5.53. The van der Waals surface area contributed by atoms with Gasteiger partial charge in [-0.1, -0.05) is 11.6 Å². The third kappa shape index (κ3) is 2.01. The summed E-state index contributed by atoms with van der Waals surface area (Å²) in [5.41, 5.74) is -0.302. The first kappa shape index (κ1) is 12.7. The van der Waals surface area contributed by atoms with Crippen molar-refractivity contribution in [1.82, 2.24) is 4.98 Å². The van der Waals surface area contributed by atoms with Crippen molar-refractivity contribution in [1.29, 1.82) is 0 Å². The Bertz CT molecular complexity index is 631. The lowest BCUT2D eigenvalue weighted by molar-refractivity contribution is 0.0526. The van der Waals surface area contributed by atoms with Gasteiger partial charge in [0, 0.05) is 6.20 Å². The molecule has 94 valence electrons. The van der Waals surface area contributed by atoms with E-state index in [4.69, 9.17) is 16.3 Å². The Kier molecular flexibility index (Phi) is 3.43. The van der Waals surface area contributed by atoms with E-state index in [1.165, 1.54) is 0 Å². The molecule has 3 nitrogen and oxygen atoms in total. The molecule has 6 heteroatoms. The Morgan fingerprint density at radius 3 is 2.72 bits per heavy atom. The topological polar surface area (TPSA) is 39.2 Å². The third-order valence-electron chi connectivity index (χ3n) is 2.35. The first-order valence-electron chi connectivity index (χ1n) is 5.15. The van der Waals surface area contributed by atoms with Gasteiger partial charge in [0.25, 0.3) is 0 Å². The Hall–Kier alpha value is -1.75. The molecule has 0 aliphatic carbocycles. The predicted octanol–water partition coefficient (Wildman–Crippen LogP) is 3.34. The van der Waals surface area contributed by atoms with Crippen molar-refractivity contribution in [3.05, 3.63) is 40.6 Å². The van der Waals surface area contributed by atoms with Crippen LogP contribution in [0.15, 0.2) is 18.3 Å². The van der Waals surface area contributed by atoms with E-state index in [0.29, 0.717) is 0 Å². The highest BCUT2D eigenvalue weighted by Gasteiger charge is 2.19. The molecule has 0 saturated heterocycles. The maximum atomic E-state index is 13.6. The van der Waals surface area contributed by atoms with Crippen molar-refractivity contribution in [2.75, 3.05) is 6.61 Å². The first-order chi connectivity index (χ1) is 8.56. The molecule has 0 atom stereocenters. The van der Waals surface area contributed by atoms with Gasteiger partial charge in [0.05, 0.1) is 22.6 Å². The zero-order valence-corrected chi connectivity index (χ0v) is 10.1. The molecule has 0 aliphatic heterocycles. The summed E-state index contributed by atoms with van der Waals surface area (Å²) in [6, 6.07) is 1.88. The van der Waals surface area contributed by atoms with E-state index >= 15 is 0 Å². The van der Waals surface area contributed by atoms with Crippen LogP contribution in [-0.4, -0.2) is 17.6 Å². The molecule has 0 radical (unpaired) electrons. The van der Waals surface area contributed by atoms with Gasteiger partial charge >= 0.3 is 5.97 Å². The minimum Gasteiger partial charge on any atom is -0.462 e.